The molecule has 7 heteroatoms. The van der Waals surface area contributed by atoms with Gasteiger partial charge in [-0.2, -0.15) is 0 Å². The van der Waals surface area contributed by atoms with Crippen molar-refractivity contribution in [1.82, 2.24) is 4.98 Å². The molecule has 0 aliphatic heterocycles. The molecule has 1 heterocycles. The highest BCUT2D eigenvalue weighted by Crippen LogP contribution is 2.38. The summed E-state index contributed by atoms with van der Waals surface area (Å²) in [7, 11) is 1.62. The van der Waals surface area contributed by atoms with E-state index in [4.69, 9.17) is 14.6 Å². The van der Waals surface area contributed by atoms with E-state index in [1.54, 1.807) is 30.7 Å². The number of thiazole rings is 1. The Balaban J connectivity index is 1.53. The Morgan fingerprint density at radius 1 is 1.37 bits per heavy atom. The highest BCUT2D eigenvalue weighted by molar-refractivity contribution is 7.09. The van der Waals surface area contributed by atoms with Crippen LogP contribution in [0.3, 0.4) is 0 Å². The maximum absolute atomic E-state index is 13.7. The number of halogens is 1. The van der Waals surface area contributed by atoms with E-state index in [9.17, 15) is 9.18 Å². The first-order valence-electron chi connectivity index (χ1n) is 9.17. The zero-order valence-electron chi connectivity index (χ0n) is 15.3. The van der Waals surface area contributed by atoms with E-state index < -0.39 is 5.97 Å². The summed E-state index contributed by atoms with van der Waals surface area (Å²) in [4.78, 5) is 15.2. The zero-order chi connectivity index (χ0) is 19.2. The predicted octanol–water partition coefficient (Wildman–Crippen LogP) is 4.94. The second-order valence-electron chi connectivity index (χ2n) is 6.87. The van der Waals surface area contributed by atoms with E-state index in [0.29, 0.717) is 29.2 Å². The van der Waals surface area contributed by atoms with Gasteiger partial charge in [0.2, 0.25) is 0 Å². The van der Waals surface area contributed by atoms with Crippen LogP contribution in [0, 0.1) is 17.7 Å². The van der Waals surface area contributed by atoms with Gasteiger partial charge in [0.15, 0.2) is 17.3 Å². The SMILES string of the molecule is COC(CC[C@H]1CCCC1COc1ccccc1F)c1nc(C(=O)O)cs1. The number of para-hydroxylation sites is 1. The normalized spacial score (nSPS) is 20.5. The summed E-state index contributed by atoms with van der Waals surface area (Å²) in [6, 6.07) is 6.49. The van der Waals surface area contributed by atoms with Crippen LogP contribution in [-0.2, 0) is 4.74 Å². The molecule has 3 atom stereocenters. The van der Waals surface area contributed by atoms with Crippen LogP contribution in [-0.4, -0.2) is 29.8 Å². The molecule has 0 amide bonds. The molecule has 2 unspecified atom stereocenters. The topological polar surface area (TPSA) is 68.7 Å². The Hall–Kier alpha value is -1.99. The summed E-state index contributed by atoms with van der Waals surface area (Å²) in [6.07, 6.45) is 4.89. The highest BCUT2D eigenvalue weighted by atomic mass is 32.1. The van der Waals surface area contributed by atoms with Crippen LogP contribution in [0.5, 0.6) is 5.75 Å². The summed E-state index contributed by atoms with van der Waals surface area (Å²) >= 11 is 1.32. The predicted molar refractivity (Wildman–Crippen MR) is 101 cm³/mol. The third-order valence-electron chi connectivity index (χ3n) is 5.21. The quantitative estimate of drug-likeness (QED) is 0.653. The molecule has 1 aromatic heterocycles. The molecule has 146 valence electrons. The number of carboxylic acids is 1. The number of benzene rings is 1. The lowest BCUT2D eigenvalue weighted by Gasteiger charge is -2.22. The summed E-state index contributed by atoms with van der Waals surface area (Å²) in [5.41, 5.74) is 0.0640. The number of aromatic nitrogens is 1. The number of nitrogens with zero attached hydrogens (tertiary/aromatic N) is 1. The van der Waals surface area contributed by atoms with Crippen LogP contribution in [0.4, 0.5) is 4.39 Å². The van der Waals surface area contributed by atoms with Gasteiger partial charge in [0.25, 0.3) is 0 Å². The van der Waals surface area contributed by atoms with E-state index >= 15 is 0 Å². The summed E-state index contributed by atoms with van der Waals surface area (Å²) in [5, 5.41) is 11.3. The molecule has 1 saturated carbocycles. The molecule has 0 spiro atoms. The van der Waals surface area contributed by atoms with E-state index in [2.05, 4.69) is 4.98 Å². The molecular weight excluding hydrogens is 369 g/mol. The number of carboxylic acid groups (broad SMARTS) is 1. The highest BCUT2D eigenvalue weighted by Gasteiger charge is 2.29. The number of carbonyl (C=O) groups is 1. The van der Waals surface area contributed by atoms with Gasteiger partial charge in [0, 0.05) is 12.5 Å². The fraction of sp³-hybridized carbons (Fsp3) is 0.500. The van der Waals surface area contributed by atoms with Crippen molar-refractivity contribution < 1.29 is 23.8 Å². The largest absolute Gasteiger partial charge is 0.490 e. The molecule has 1 fully saturated rings. The average molecular weight is 393 g/mol. The lowest BCUT2D eigenvalue weighted by Crippen LogP contribution is -2.18. The molecule has 3 rings (SSSR count). The molecule has 0 radical (unpaired) electrons. The van der Waals surface area contributed by atoms with Crippen molar-refractivity contribution in [2.45, 2.75) is 38.2 Å². The fourth-order valence-electron chi connectivity index (χ4n) is 3.71. The molecule has 1 aliphatic rings. The molecule has 1 N–H and O–H groups in total. The maximum atomic E-state index is 13.7. The Bertz CT molecular complexity index is 766. The van der Waals surface area contributed by atoms with Crippen molar-refractivity contribution >= 4 is 17.3 Å². The van der Waals surface area contributed by atoms with Crippen LogP contribution in [0.25, 0.3) is 0 Å². The third kappa shape index (κ3) is 5.05. The molecule has 1 aromatic carbocycles. The van der Waals surface area contributed by atoms with Crippen molar-refractivity contribution in [1.29, 1.82) is 0 Å². The van der Waals surface area contributed by atoms with Crippen molar-refractivity contribution in [2.75, 3.05) is 13.7 Å². The lowest BCUT2D eigenvalue weighted by molar-refractivity contribution is 0.0686. The second-order valence-corrected chi connectivity index (χ2v) is 7.76. The number of hydrogen-bond donors (Lipinski definition) is 1. The van der Waals surface area contributed by atoms with Gasteiger partial charge in [-0.25, -0.2) is 14.2 Å². The molecule has 0 saturated heterocycles. The minimum Gasteiger partial charge on any atom is -0.490 e. The first kappa shape index (κ1) is 19.8. The van der Waals surface area contributed by atoms with Crippen LogP contribution >= 0.6 is 11.3 Å². The van der Waals surface area contributed by atoms with Crippen molar-refractivity contribution in [3.8, 4) is 5.75 Å². The zero-order valence-corrected chi connectivity index (χ0v) is 16.1. The monoisotopic (exact) mass is 393 g/mol. The van der Waals surface area contributed by atoms with Crippen molar-refractivity contribution in [3.05, 3.63) is 46.2 Å². The number of aromatic carboxylic acids is 1. The Morgan fingerprint density at radius 3 is 2.85 bits per heavy atom. The van der Waals surface area contributed by atoms with Crippen LogP contribution in [0.1, 0.15) is 53.7 Å². The molecule has 0 bridgehead atoms. The molecule has 2 aromatic rings. The van der Waals surface area contributed by atoms with Crippen LogP contribution < -0.4 is 4.74 Å². The Kier molecular flexibility index (Phi) is 6.79. The minimum absolute atomic E-state index is 0.0640. The van der Waals surface area contributed by atoms with Gasteiger partial charge in [-0.1, -0.05) is 25.0 Å². The fourth-order valence-corrected chi connectivity index (χ4v) is 4.62. The van der Waals surface area contributed by atoms with E-state index in [1.165, 1.54) is 17.4 Å². The van der Waals surface area contributed by atoms with Gasteiger partial charge < -0.3 is 14.6 Å². The Morgan fingerprint density at radius 2 is 2.15 bits per heavy atom. The van der Waals surface area contributed by atoms with Gasteiger partial charge >= 0.3 is 5.97 Å². The molecule has 1 aliphatic carbocycles. The summed E-state index contributed by atoms with van der Waals surface area (Å²) in [5.74, 6) is -0.152. The van der Waals surface area contributed by atoms with Crippen molar-refractivity contribution in [3.63, 3.8) is 0 Å². The molecule has 5 nitrogen and oxygen atoms in total. The molecule has 27 heavy (non-hydrogen) atoms. The van der Waals surface area contributed by atoms with Gasteiger partial charge in [-0.15, -0.1) is 11.3 Å². The number of hydrogen-bond acceptors (Lipinski definition) is 5. The van der Waals surface area contributed by atoms with E-state index in [1.807, 2.05) is 0 Å². The average Bonchev–Trinajstić information content (AvgIpc) is 3.31. The first-order valence-corrected chi connectivity index (χ1v) is 10.0. The van der Waals surface area contributed by atoms with Crippen LogP contribution in [0.15, 0.2) is 29.6 Å². The number of rotatable bonds is 9. The first-order chi connectivity index (χ1) is 13.1. The van der Waals surface area contributed by atoms with Gasteiger partial charge in [-0.05, 0) is 43.2 Å². The summed E-state index contributed by atoms with van der Waals surface area (Å²) < 4.78 is 25.0. The van der Waals surface area contributed by atoms with Gasteiger partial charge in [0.1, 0.15) is 11.1 Å². The minimum atomic E-state index is -1.02. The number of ether oxygens (including phenoxy) is 2. The standard InChI is InChI=1S/C20H24FNO4S/c1-25-18(19-22-16(12-27-19)20(23)24)10-9-13-5-4-6-14(13)11-26-17-8-3-2-7-15(17)21/h2-3,7-8,12-14,18H,4-6,9-11H2,1H3,(H,23,24)/t13-,14?,18?/m1/s1. The van der Waals surface area contributed by atoms with E-state index in [-0.39, 0.29) is 17.6 Å². The molecular formula is C20H24FNO4S. The van der Waals surface area contributed by atoms with Crippen molar-refractivity contribution in [2.24, 2.45) is 11.8 Å². The van der Waals surface area contributed by atoms with Gasteiger partial charge in [-0.3, -0.25) is 0 Å². The smallest absolute Gasteiger partial charge is 0.355 e. The third-order valence-corrected chi connectivity index (χ3v) is 6.14. The second kappa shape index (κ2) is 9.28. The number of methoxy groups -OCH3 is 1. The lowest BCUT2D eigenvalue weighted by atomic mass is 9.91. The van der Waals surface area contributed by atoms with E-state index in [0.717, 1.165) is 32.1 Å². The summed E-state index contributed by atoms with van der Waals surface area (Å²) in [6.45, 7) is 0.518. The van der Waals surface area contributed by atoms with Crippen LogP contribution in [0.2, 0.25) is 0 Å². The Labute approximate surface area is 162 Å². The maximum Gasteiger partial charge on any atom is 0.355 e. The van der Waals surface area contributed by atoms with Gasteiger partial charge in [0.05, 0.1) is 6.61 Å².